The number of nitrogen functional groups attached to an aromatic ring is 1. The average molecular weight is 289 g/mol. The largest absolute Gasteiger partial charge is 0.376 e. The molecule has 0 saturated heterocycles. The molecule has 0 spiro atoms. The summed E-state index contributed by atoms with van der Waals surface area (Å²) in [5.41, 5.74) is 3.38. The van der Waals surface area contributed by atoms with Gasteiger partial charge in [-0.05, 0) is 18.2 Å². The van der Waals surface area contributed by atoms with E-state index in [4.69, 9.17) is 5.84 Å². The number of benzene rings is 1. The zero-order valence-corrected chi connectivity index (χ0v) is 11.7. The fourth-order valence-corrected chi connectivity index (χ4v) is 1.88. The van der Waals surface area contributed by atoms with Crippen molar-refractivity contribution in [2.24, 2.45) is 5.84 Å². The van der Waals surface area contributed by atoms with Crippen LogP contribution in [0.4, 0.5) is 21.6 Å². The van der Waals surface area contributed by atoms with Gasteiger partial charge in [0, 0.05) is 20.3 Å². The molecule has 0 bridgehead atoms. The van der Waals surface area contributed by atoms with Gasteiger partial charge < -0.3 is 15.6 Å². The van der Waals surface area contributed by atoms with E-state index in [1.807, 2.05) is 31.1 Å². The van der Waals surface area contributed by atoms with Crippen LogP contribution in [0.15, 0.2) is 36.5 Å². The van der Waals surface area contributed by atoms with Crippen molar-refractivity contribution in [2.45, 2.75) is 0 Å². The number of hydrazine groups is 1. The molecule has 1 aromatic carbocycles. The van der Waals surface area contributed by atoms with Gasteiger partial charge in [0.05, 0.1) is 16.9 Å². The molecule has 0 unspecified atom stereocenters. The number of nitrogens with one attached hydrogen (secondary N) is 2. The molecule has 0 radical (unpaired) electrons. The van der Waals surface area contributed by atoms with Crippen molar-refractivity contribution < 1.29 is 9.18 Å². The van der Waals surface area contributed by atoms with Crippen molar-refractivity contribution in [1.29, 1.82) is 0 Å². The van der Waals surface area contributed by atoms with Gasteiger partial charge in [-0.15, -0.1) is 0 Å². The number of halogens is 1. The van der Waals surface area contributed by atoms with Gasteiger partial charge in [-0.1, -0.05) is 12.1 Å². The maximum Gasteiger partial charge on any atom is 0.258 e. The third-order valence-electron chi connectivity index (χ3n) is 2.90. The lowest BCUT2D eigenvalue weighted by Crippen LogP contribution is -2.19. The highest BCUT2D eigenvalue weighted by Crippen LogP contribution is 2.24. The molecule has 21 heavy (non-hydrogen) atoms. The molecule has 7 heteroatoms. The molecule has 4 N–H and O–H groups in total. The van der Waals surface area contributed by atoms with Crippen molar-refractivity contribution in [2.75, 3.05) is 29.7 Å². The fraction of sp³-hybridized carbons (Fsp3) is 0.143. The number of pyridine rings is 1. The van der Waals surface area contributed by atoms with E-state index in [-0.39, 0.29) is 11.4 Å². The minimum Gasteiger partial charge on any atom is -0.376 e. The van der Waals surface area contributed by atoms with Crippen molar-refractivity contribution in [3.63, 3.8) is 0 Å². The number of aromatic nitrogens is 1. The van der Waals surface area contributed by atoms with Gasteiger partial charge in [0.2, 0.25) is 0 Å². The Labute approximate surface area is 121 Å². The highest BCUT2D eigenvalue weighted by Gasteiger charge is 2.17. The maximum atomic E-state index is 14.0. The molecule has 2 rings (SSSR count). The predicted molar refractivity (Wildman–Crippen MR) is 80.7 cm³/mol. The molecule has 0 aliphatic heterocycles. The van der Waals surface area contributed by atoms with Crippen LogP contribution in [-0.2, 0) is 0 Å². The van der Waals surface area contributed by atoms with Crippen molar-refractivity contribution in [3.8, 4) is 0 Å². The average Bonchev–Trinajstić information content (AvgIpc) is 2.47. The van der Waals surface area contributed by atoms with Gasteiger partial charge in [-0.25, -0.2) is 15.2 Å². The molecule has 1 aromatic heterocycles. The Balaban J connectivity index is 2.31. The first kappa shape index (κ1) is 14.7. The van der Waals surface area contributed by atoms with Crippen LogP contribution >= 0.6 is 0 Å². The van der Waals surface area contributed by atoms with Crippen molar-refractivity contribution >= 4 is 23.1 Å². The lowest BCUT2D eigenvalue weighted by atomic mass is 10.2. The van der Waals surface area contributed by atoms with Crippen LogP contribution in [0, 0.1) is 5.82 Å². The molecular formula is C14H16FN5O. The summed E-state index contributed by atoms with van der Waals surface area (Å²) in [7, 11) is 3.71. The van der Waals surface area contributed by atoms with Crippen LogP contribution in [0.5, 0.6) is 0 Å². The Bertz CT molecular complexity index is 660. The molecule has 0 saturated carbocycles. The van der Waals surface area contributed by atoms with Crippen molar-refractivity contribution in [3.05, 3.63) is 47.9 Å². The normalized spacial score (nSPS) is 10.1. The fourth-order valence-electron chi connectivity index (χ4n) is 1.88. The number of nitrogens with two attached hydrogens (primary N) is 1. The van der Waals surface area contributed by atoms with Crippen LogP contribution in [-0.4, -0.2) is 25.0 Å². The number of rotatable bonds is 4. The van der Waals surface area contributed by atoms with Gasteiger partial charge >= 0.3 is 0 Å². The molecule has 0 atom stereocenters. The molecule has 0 aliphatic carbocycles. The van der Waals surface area contributed by atoms with E-state index in [1.165, 1.54) is 12.3 Å². The number of amides is 1. The smallest absolute Gasteiger partial charge is 0.258 e. The van der Waals surface area contributed by atoms with E-state index in [0.717, 1.165) is 5.69 Å². The minimum absolute atomic E-state index is 0.133. The van der Waals surface area contributed by atoms with Crippen LogP contribution in [0.25, 0.3) is 0 Å². The second-order valence-electron chi connectivity index (χ2n) is 4.53. The van der Waals surface area contributed by atoms with Crippen molar-refractivity contribution in [1.82, 2.24) is 4.98 Å². The van der Waals surface area contributed by atoms with E-state index < -0.39 is 11.7 Å². The zero-order valence-electron chi connectivity index (χ0n) is 11.7. The lowest BCUT2D eigenvalue weighted by Gasteiger charge is -2.18. The number of carbonyl (C=O) groups is 1. The number of hydrogen-bond donors (Lipinski definition) is 3. The van der Waals surface area contributed by atoms with Gasteiger partial charge in [-0.2, -0.15) is 0 Å². The van der Waals surface area contributed by atoms with Crippen LogP contribution in [0.1, 0.15) is 10.4 Å². The first-order valence-corrected chi connectivity index (χ1v) is 6.23. The van der Waals surface area contributed by atoms with E-state index >= 15 is 0 Å². The topological polar surface area (TPSA) is 83.3 Å². The van der Waals surface area contributed by atoms with Gasteiger partial charge in [0.25, 0.3) is 5.91 Å². The van der Waals surface area contributed by atoms with Crippen LogP contribution in [0.2, 0.25) is 0 Å². The molecule has 0 aliphatic rings. The SMILES string of the molecule is CN(C)c1ccccc1NC(=O)c1ccnc(NN)c1F. The predicted octanol–water partition coefficient (Wildman–Crippen LogP) is 1.82. The molecule has 1 amide bonds. The summed E-state index contributed by atoms with van der Waals surface area (Å²) in [5.74, 6) is 3.61. The molecular weight excluding hydrogens is 273 g/mol. The Morgan fingerprint density at radius 2 is 2.00 bits per heavy atom. The molecule has 6 nitrogen and oxygen atoms in total. The molecule has 1 heterocycles. The minimum atomic E-state index is -0.792. The monoisotopic (exact) mass is 289 g/mol. The summed E-state index contributed by atoms with van der Waals surface area (Å²) in [5, 5.41) is 2.68. The summed E-state index contributed by atoms with van der Waals surface area (Å²) >= 11 is 0. The third-order valence-corrected chi connectivity index (χ3v) is 2.90. The van der Waals surface area contributed by atoms with E-state index in [9.17, 15) is 9.18 Å². The number of para-hydroxylation sites is 2. The van der Waals surface area contributed by atoms with Gasteiger partial charge in [0.15, 0.2) is 11.6 Å². The second kappa shape index (κ2) is 6.19. The molecule has 2 aromatic rings. The number of hydrogen-bond acceptors (Lipinski definition) is 5. The molecule has 110 valence electrons. The Kier molecular flexibility index (Phi) is 4.34. The standard InChI is InChI=1S/C14H16FN5O/c1-20(2)11-6-4-3-5-10(11)18-14(21)9-7-8-17-13(19-16)12(9)15/h3-8H,16H2,1-2H3,(H,17,19)(H,18,21). The summed E-state index contributed by atoms with van der Waals surface area (Å²) in [6.07, 6.45) is 1.31. The van der Waals surface area contributed by atoms with E-state index in [1.54, 1.807) is 12.1 Å². The maximum absolute atomic E-state index is 14.0. The molecule has 0 fully saturated rings. The van der Waals surface area contributed by atoms with E-state index in [0.29, 0.717) is 5.69 Å². The zero-order chi connectivity index (χ0) is 15.4. The lowest BCUT2D eigenvalue weighted by molar-refractivity contribution is 0.102. The highest BCUT2D eigenvalue weighted by atomic mass is 19.1. The first-order chi connectivity index (χ1) is 10.0. The number of carbonyl (C=O) groups excluding carboxylic acids is 1. The summed E-state index contributed by atoms with van der Waals surface area (Å²) in [6, 6.07) is 8.54. The first-order valence-electron chi connectivity index (χ1n) is 6.23. The second-order valence-corrected chi connectivity index (χ2v) is 4.53. The van der Waals surface area contributed by atoms with Crippen LogP contribution in [0.3, 0.4) is 0 Å². The quantitative estimate of drug-likeness (QED) is 0.591. The summed E-state index contributed by atoms with van der Waals surface area (Å²) in [4.78, 5) is 17.8. The summed E-state index contributed by atoms with van der Waals surface area (Å²) in [6.45, 7) is 0. The van der Waals surface area contributed by atoms with Gasteiger partial charge in [0.1, 0.15) is 0 Å². The summed E-state index contributed by atoms with van der Waals surface area (Å²) < 4.78 is 14.0. The van der Waals surface area contributed by atoms with Gasteiger partial charge in [-0.3, -0.25) is 4.79 Å². The van der Waals surface area contributed by atoms with Crippen LogP contribution < -0.4 is 21.5 Å². The Morgan fingerprint density at radius 3 is 2.67 bits per heavy atom. The Hall–Kier alpha value is -2.67. The third kappa shape index (κ3) is 3.09. The highest BCUT2D eigenvalue weighted by molar-refractivity contribution is 6.06. The van der Waals surface area contributed by atoms with E-state index in [2.05, 4.69) is 15.7 Å². The Morgan fingerprint density at radius 1 is 1.29 bits per heavy atom. The number of nitrogens with zero attached hydrogens (tertiary/aromatic N) is 2. The number of anilines is 3.